The average molecular weight is 169 g/mol. The van der Waals surface area contributed by atoms with E-state index in [1.54, 1.807) is 16.7 Å². The lowest BCUT2D eigenvalue weighted by atomic mass is 10.4. The van der Waals surface area contributed by atoms with Gasteiger partial charge in [-0.2, -0.15) is 11.3 Å². The van der Waals surface area contributed by atoms with Gasteiger partial charge in [0.05, 0.1) is 6.54 Å². The topological polar surface area (TPSA) is 12.4 Å². The van der Waals surface area contributed by atoms with Crippen LogP contribution in [0.5, 0.6) is 0 Å². The number of hydrogen-bond acceptors (Lipinski definition) is 3. The van der Waals surface area contributed by atoms with Crippen molar-refractivity contribution in [3.05, 3.63) is 22.4 Å². The third kappa shape index (κ3) is 2.37. The maximum Gasteiger partial charge on any atom is 0.0672 e. The van der Waals surface area contributed by atoms with Crippen molar-refractivity contribution in [3.8, 4) is 0 Å². The summed E-state index contributed by atoms with van der Waals surface area (Å²) in [5, 5.41) is 5.69. The van der Waals surface area contributed by atoms with E-state index < -0.39 is 0 Å². The maximum atomic E-state index is 4.61. The molecule has 0 atom stereocenters. The number of nitrogens with zero attached hydrogens (tertiary/aromatic N) is 1. The van der Waals surface area contributed by atoms with Crippen LogP contribution in [-0.4, -0.2) is 18.1 Å². The van der Waals surface area contributed by atoms with Crippen molar-refractivity contribution in [3.63, 3.8) is 0 Å². The van der Waals surface area contributed by atoms with Crippen LogP contribution >= 0.6 is 23.6 Å². The van der Waals surface area contributed by atoms with Gasteiger partial charge in [-0.05, 0) is 16.8 Å². The fourth-order valence-corrected chi connectivity index (χ4v) is 1.25. The zero-order valence-corrected chi connectivity index (χ0v) is 6.99. The molecular weight excluding hydrogens is 162 g/mol. The van der Waals surface area contributed by atoms with Crippen LogP contribution < -0.4 is 0 Å². The summed E-state index contributed by atoms with van der Waals surface area (Å²) < 4.78 is 0. The molecule has 0 aliphatic rings. The van der Waals surface area contributed by atoms with Gasteiger partial charge in [0.2, 0.25) is 0 Å². The summed E-state index contributed by atoms with van der Waals surface area (Å²) in [6.07, 6.45) is 1.83. The molecule has 0 aromatic carbocycles. The second-order valence-electron chi connectivity index (χ2n) is 1.72. The molecule has 52 valence electrons. The Hall–Kier alpha value is -0.540. The van der Waals surface area contributed by atoms with Gasteiger partial charge in [0, 0.05) is 17.1 Å². The summed E-state index contributed by atoms with van der Waals surface area (Å²) in [5.74, 6) is 0. The van der Waals surface area contributed by atoms with Crippen LogP contribution in [0, 0.1) is 0 Å². The van der Waals surface area contributed by atoms with E-state index in [0.29, 0.717) is 6.54 Å². The number of hydrogen-bond donors (Lipinski definition) is 0. The lowest BCUT2D eigenvalue weighted by Crippen LogP contribution is -1.79. The van der Waals surface area contributed by atoms with Crippen molar-refractivity contribution in [1.29, 1.82) is 0 Å². The third-order valence-corrected chi connectivity index (χ3v) is 1.81. The van der Waals surface area contributed by atoms with E-state index in [1.807, 2.05) is 23.0 Å². The van der Waals surface area contributed by atoms with Gasteiger partial charge in [0.1, 0.15) is 0 Å². The van der Waals surface area contributed by atoms with Gasteiger partial charge in [-0.15, -0.1) is 0 Å². The first-order valence-electron chi connectivity index (χ1n) is 2.89. The molecule has 0 spiro atoms. The quantitative estimate of drug-likeness (QED) is 0.499. The molecule has 1 nitrogen and oxygen atoms in total. The highest BCUT2D eigenvalue weighted by atomic mass is 32.1. The summed E-state index contributed by atoms with van der Waals surface area (Å²) in [6.45, 7) is 0.630. The Morgan fingerprint density at radius 2 is 2.60 bits per heavy atom. The van der Waals surface area contributed by atoms with E-state index in [4.69, 9.17) is 0 Å². The summed E-state index contributed by atoms with van der Waals surface area (Å²) >= 11 is 6.28. The summed E-state index contributed by atoms with van der Waals surface area (Å²) in [5.41, 5.74) is 1.15. The Morgan fingerprint density at radius 3 is 3.20 bits per heavy atom. The van der Waals surface area contributed by atoms with Crippen molar-refractivity contribution in [1.82, 2.24) is 0 Å². The molecule has 0 saturated heterocycles. The minimum Gasteiger partial charge on any atom is -0.288 e. The highest BCUT2D eigenvalue weighted by molar-refractivity contribution is 7.79. The van der Waals surface area contributed by atoms with E-state index in [9.17, 15) is 0 Å². The highest BCUT2D eigenvalue weighted by Gasteiger charge is 1.82. The molecule has 1 heterocycles. The largest absolute Gasteiger partial charge is 0.288 e. The molecule has 0 saturated carbocycles. The van der Waals surface area contributed by atoms with E-state index in [-0.39, 0.29) is 0 Å². The van der Waals surface area contributed by atoms with Crippen LogP contribution in [0.3, 0.4) is 0 Å². The van der Waals surface area contributed by atoms with E-state index in [1.165, 1.54) is 0 Å². The van der Waals surface area contributed by atoms with Crippen molar-refractivity contribution in [2.45, 2.75) is 0 Å². The lowest BCUT2D eigenvalue weighted by molar-refractivity contribution is 1.36. The Kier molecular flexibility index (Phi) is 3.26. The predicted octanol–water partition coefficient (Wildman–Crippen LogP) is 2.17. The summed E-state index contributed by atoms with van der Waals surface area (Å²) in [4.78, 5) is 4.05. The van der Waals surface area contributed by atoms with Gasteiger partial charge in [0.25, 0.3) is 0 Å². The monoisotopic (exact) mass is 169 g/mol. The molecule has 0 aliphatic carbocycles. The number of rotatable bonds is 3. The molecule has 10 heavy (non-hydrogen) atoms. The molecule has 0 bridgehead atoms. The van der Waals surface area contributed by atoms with Crippen LogP contribution in [0.25, 0.3) is 0 Å². The fourth-order valence-electron chi connectivity index (χ4n) is 0.550. The Balaban J connectivity index is 2.47. The lowest BCUT2D eigenvalue weighted by Gasteiger charge is -1.80. The standard InChI is InChI=1S/C7H7NS2/c9-3-2-8-5-7-1-4-10-6-7/h1,3-6H,2H2. The fraction of sp³-hybridized carbons (Fsp3) is 0.143. The van der Waals surface area contributed by atoms with Crippen molar-refractivity contribution in [2.24, 2.45) is 4.99 Å². The van der Waals surface area contributed by atoms with Crippen LogP contribution in [0.1, 0.15) is 5.56 Å². The van der Waals surface area contributed by atoms with Gasteiger partial charge in [0.15, 0.2) is 0 Å². The highest BCUT2D eigenvalue weighted by Crippen LogP contribution is 2.01. The molecule has 0 fully saturated rings. The Labute approximate surface area is 69.4 Å². The van der Waals surface area contributed by atoms with Gasteiger partial charge in [-0.25, -0.2) is 0 Å². The SMILES string of the molecule is S=CCN=Cc1ccsc1. The second kappa shape index (κ2) is 4.30. The first kappa shape index (κ1) is 7.57. The smallest absolute Gasteiger partial charge is 0.0672 e. The molecule has 0 aliphatic heterocycles. The zero-order chi connectivity index (χ0) is 7.23. The molecule has 1 aromatic rings. The average Bonchev–Trinajstić information content (AvgIpc) is 2.41. The summed E-state index contributed by atoms with van der Waals surface area (Å²) in [6, 6.07) is 2.03. The minimum absolute atomic E-state index is 0.630. The van der Waals surface area contributed by atoms with E-state index in [2.05, 4.69) is 17.2 Å². The molecule has 0 amide bonds. The second-order valence-corrected chi connectivity index (χ2v) is 2.83. The van der Waals surface area contributed by atoms with Gasteiger partial charge in [-0.1, -0.05) is 12.2 Å². The van der Waals surface area contributed by atoms with Crippen LogP contribution in [-0.2, 0) is 0 Å². The normalized spacial score (nSPS) is 10.4. The molecule has 3 heteroatoms. The number of aliphatic imine (C=N–C) groups is 1. The maximum absolute atomic E-state index is 4.61. The Bertz CT molecular complexity index is 214. The predicted molar refractivity (Wildman–Crippen MR) is 50.4 cm³/mol. The van der Waals surface area contributed by atoms with Gasteiger partial charge in [-0.3, -0.25) is 4.99 Å². The van der Waals surface area contributed by atoms with Crippen LogP contribution in [0.2, 0.25) is 0 Å². The first-order chi connectivity index (χ1) is 4.93. The molecule has 1 rings (SSSR count). The molecule has 0 N–H and O–H groups in total. The minimum atomic E-state index is 0.630. The van der Waals surface area contributed by atoms with Crippen molar-refractivity contribution >= 4 is 35.1 Å². The number of thiocarbonyl (C=S) groups is 1. The van der Waals surface area contributed by atoms with Crippen LogP contribution in [0.4, 0.5) is 0 Å². The summed E-state index contributed by atoms with van der Waals surface area (Å²) in [7, 11) is 0. The molecular formula is C7H7NS2. The van der Waals surface area contributed by atoms with Crippen molar-refractivity contribution < 1.29 is 0 Å². The molecule has 1 aromatic heterocycles. The molecule has 0 unspecified atom stereocenters. The van der Waals surface area contributed by atoms with Crippen LogP contribution in [0.15, 0.2) is 21.8 Å². The van der Waals surface area contributed by atoms with Crippen molar-refractivity contribution in [2.75, 3.05) is 6.54 Å². The van der Waals surface area contributed by atoms with E-state index >= 15 is 0 Å². The molecule has 0 radical (unpaired) electrons. The van der Waals surface area contributed by atoms with E-state index in [0.717, 1.165) is 5.56 Å². The van der Waals surface area contributed by atoms with Gasteiger partial charge >= 0.3 is 0 Å². The third-order valence-electron chi connectivity index (χ3n) is 0.963. The number of thiophene rings is 1. The first-order valence-corrected chi connectivity index (χ1v) is 4.30. The Morgan fingerprint density at radius 1 is 1.70 bits per heavy atom. The van der Waals surface area contributed by atoms with Gasteiger partial charge < -0.3 is 0 Å². The zero-order valence-electron chi connectivity index (χ0n) is 5.36.